The fourth-order valence-electron chi connectivity index (χ4n) is 2.87. The van der Waals surface area contributed by atoms with Crippen LogP contribution in [0.2, 0.25) is 0 Å². The van der Waals surface area contributed by atoms with Crippen LogP contribution in [-0.4, -0.2) is 43.3 Å². The lowest BCUT2D eigenvalue weighted by molar-refractivity contribution is 0.132. The predicted octanol–water partition coefficient (Wildman–Crippen LogP) is 2.85. The second-order valence-electron chi connectivity index (χ2n) is 6.57. The Balaban J connectivity index is 2.72. The van der Waals surface area contributed by atoms with Gasteiger partial charge in [0.25, 0.3) is 0 Å². The Bertz CT molecular complexity index is 387. The van der Waals surface area contributed by atoms with Crippen molar-refractivity contribution in [1.82, 2.24) is 10.2 Å². The molecule has 3 heteroatoms. The van der Waals surface area contributed by atoms with Crippen molar-refractivity contribution in [2.24, 2.45) is 5.92 Å². The fourth-order valence-corrected chi connectivity index (χ4v) is 2.87. The summed E-state index contributed by atoms with van der Waals surface area (Å²) in [4.78, 5) is 2.39. The van der Waals surface area contributed by atoms with Crippen LogP contribution in [0.15, 0.2) is 30.3 Å². The molecule has 1 rings (SSSR count). The molecule has 2 unspecified atom stereocenters. The van der Waals surface area contributed by atoms with Gasteiger partial charge >= 0.3 is 0 Å². The van der Waals surface area contributed by atoms with Crippen LogP contribution < -0.4 is 5.32 Å². The number of benzene rings is 1. The zero-order valence-corrected chi connectivity index (χ0v) is 14.3. The quantitative estimate of drug-likeness (QED) is 0.734. The van der Waals surface area contributed by atoms with E-state index in [9.17, 15) is 5.11 Å². The van der Waals surface area contributed by atoms with Gasteiger partial charge in [0, 0.05) is 12.6 Å². The maximum absolute atomic E-state index is 9.95. The number of hydrogen-bond donors (Lipinski definition) is 2. The SMILES string of the molecule is CNC(CO)(CCN(C)C(C)CC(C)C)c1ccccc1. The summed E-state index contributed by atoms with van der Waals surface area (Å²) in [5.74, 6) is 0.712. The molecular formula is C18H32N2O. The summed E-state index contributed by atoms with van der Waals surface area (Å²) in [6.45, 7) is 7.88. The third-order valence-corrected chi connectivity index (χ3v) is 4.53. The molecular weight excluding hydrogens is 260 g/mol. The van der Waals surface area contributed by atoms with Crippen molar-refractivity contribution in [2.45, 2.75) is 45.2 Å². The number of likely N-dealkylation sites (N-methyl/N-ethyl adjacent to an activating group) is 1. The van der Waals surface area contributed by atoms with E-state index in [1.807, 2.05) is 25.2 Å². The Labute approximate surface area is 130 Å². The average molecular weight is 292 g/mol. The Kier molecular flexibility index (Phi) is 7.36. The number of nitrogens with zero attached hydrogens (tertiary/aromatic N) is 1. The van der Waals surface area contributed by atoms with Crippen LogP contribution >= 0.6 is 0 Å². The van der Waals surface area contributed by atoms with Gasteiger partial charge in [-0.15, -0.1) is 0 Å². The van der Waals surface area contributed by atoms with E-state index in [0.717, 1.165) is 18.5 Å². The maximum Gasteiger partial charge on any atom is 0.0678 e. The highest BCUT2D eigenvalue weighted by Gasteiger charge is 2.30. The topological polar surface area (TPSA) is 35.5 Å². The molecule has 2 atom stereocenters. The molecule has 0 spiro atoms. The van der Waals surface area contributed by atoms with Crippen LogP contribution in [-0.2, 0) is 5.54 Å². The summed E-state index contributed by atoms with van der Waals surface area (Å²) in [5, 5.41) is 13.3. The van der Waals surface area contributed by atoms with E-state index in [1.54, 1.807) is 0 Å². The highest BCUT2D eigenvalue weighted by molar-refractivity contribution is 5.24. The van der Waals surface area contributed by atoms with E-state index >= 15 is 0 Å². The molecule has 0 aliphatic rings. The van der Waals surface area contributed by atoms with Gasteiger partial charge in [-0.3, -0.25) is 0 Å². The molecule has 2 N–H and O–H groups in total. The molecule has 0 bridgehead atoms. The predicted molar refractivity (Wildman–Crippen MR) is 90.4 cm³/mol. The van der Waals surface area contributed by atoms with Gasteiger partial charge in [0.1, 0.15) is 0 Å². The van der Waals surface area contributed by atoms with Crippen molar-refractivity contribution in [1.29, 1.82) is 0 Å². The smallest absolute Gasteiger partial charge is 0.0678 e. The molecule has 0 radical (unpaired) electrons. The van der Waals surface area contributed by atoms with E-state index in [2.05, 4.69) is 50.2 Å². The summed E-state index contributed by atoms with van der Waals surface area (Å²) in [7, 11) is 4.11. The molecule has 0 fully saturated rings. The average Bonchev–Trinajstić information content (AvgIpc) is 2.49. The van der Waals surface area contributed by atoms with Crippen LogP contribution in [0.1, 0.15) is 39.2 Å². The largest absolute Gasteiger partial charge is 0.394 e. The van der Waals surface area contributed by atoms with Crippen molar-refractivity contribution < 1.29 is 5.11 Å². The van der Waals surface area contributed by atoms with Gasteiger partial charge in [0.2, 0.25) is 0 Å². The molecule has 0 aliphatic carbocycles. The summed E-state index contributed by atoms with van der Waals surface area (Å²) >= 11 is 0. The van der Waals surface area contributed by atoms with Crippen molar-refractivity contribution in [3.63, 3.8) is 0 Å². The minimum absolute atomic E-state index is 0.111. The van der Waals surface area contributed by atoms with Crippen molar-refractivity contribution in [2.75, 3.05) is 27.2 Å². The third kappa shape index (κ3) is 5.10. The zero-order valence-electron chi connectivity index (χ0n) is 14.3. The van der Waals surface area contributed by atoms with Gasteiger partial charge in [-0.05, 0) is 45.3 Å². The minimum atomic E-state index is -0.354. The van der Waals surface area contributed by atoms with E-state index in [0.29, 0.717) is 12.0 Å². The number of rotatable bonds is 9. The van der Waals surface area contributed by atoms with E-state index in [-0.39, 0.29) is 12.1 Å². The normalized spacial score (nSPS) is 16.2. The molecule has 120 valence electrons. The maximum atomic E-state index is 9.95. The number of aliphatic hydroxyl groups excluding tert-OH is 1. The monoisotopic (exact) mass is 292 g/mol. The first-order chi connectivity index (χ1) is 9.95. The first kappa shape index (κ1) is 18.1. The summed E-state index contributed by atoms with van der Waals surface area (Å²) in [6.07, 6.45) is 2.09. The lowest BCUT2D eigenvalue weighted by Crippen LogP contribution is -2.46. The molecule has 1 aromatic carbocycles. The summed E-state index contributed by atoms with van der Waals surface area (Å²) < 4.78 is 0. The molecule has 0 aromatic heterocycles. The van der Waals surface area contributed by atoms with Crippen LogP contribution in [0.25, 0.3) is 0 Å². The van der Waals surface area contributed by atoms with Crippen LogP contribution in [0.3, 0.4) is 0 Å². The van der Waals surface area contributed by atoms with Gasteiger partial charge in [-0.25, -0.2) is 0 Å². The van der Waals surface area contributed by atoms with Crippen molar-refractivity contribution >= 4 is 0 Å². The molecule has 0 heterocycles. The number of nitrogens with one attached hydrogen (secondary N) is 1. The summed E-state index contributed by atoms with van der Waals surface area (Å²) in [5.41, 5.74) is 0.799. The lowest BCUT2D eigenvalue weighted by atomic mass is 9.87. The minimum Gasteiger partial charge on any atom is -0.394 e. The Morgan fingerprint density at radius 3 is 2.29 bits per heavy atom. The first-order valence-corrected chi connectivity index (χ1v) is 8.00. The highest BCUT2D eigenvalue weighted by atomic mass is 16.3. The first-order valence-electron chi connectivity index (χ1n) is 8.00. The molecule has 0 aliphatic heterocycles. The molecule has 21 heavy (non-hydrogen) atoms. The van der Waals surface area contributed by atoms with E-state index < -0.39 is 0 Å². The number of hydrogen-bond acceptors (Lipinski definition) is 3. The Hall–Kier alpha value is -0.900. The van der Waals surface area contributed by atoms with Crippen LogP contribution in [0.5, 0.6) is 0 Å². The van der Waals surface area contributed by atoms with E-state index in [4.69, 9.17) is 0 Å². The molecule has 0 saturated carbocycles. The van der Waals surface area contributed by atoms with Crippen LogP contribution in [0.4, 0.5) is 0 Å². The molecule has 0 amide bonds. The van der Waals surface area contributed by atoms with Gasteiger partial charge in [-0.1, -0.05) is 44.2 Å². The van der Waals surface area contributed by atoms with Gasteiger partial charge < -0.3 is 15.3 Å². The Morgan fingerprint density at radius 1 is 1.19 bits per heavy atom. The molecule has 1 aromatic rings. The van der Waals surface area contributed by atoms with Gasteiger partial charge in [0.15, 0.2) is 0 Å². The zero-order chi connectivity index (χ0) is 15.9. The molecule has 3 nitrogen and oxygen atoms in total. The summed E-state index contributed by atoms with van der Waals surface area (Å²) in [6, 6.07) is 10.8. The van der Waals surface area contributed by atoms with Gasteiger partial charge in [0.05, 0.1) is 12.1 Å². The second kappa shape index (κ2) is 8.52. The highest BCUT2D eigenvalue weighted by Crippen LogP contribution is 2.25. The molecule has 0 saturated heterocycles. The second-order valence-corrected chi connectivity index (χ2v) is 6.57. The van der Waals surface area contributed by atoms with Crippen molar-refractivity contribution in [3.05, 3.63) is 35.9 Å². The Morgan fingerprint density at radius 2 is 1.81 bits per heavy atom. The lowest BCUT2D eigenvalue weighted by Gasteiger charge is -2.35. The number of aliphatic hydroxyl groups is 1. The van der Waals surface area contributed by atoms with E-state index in [1.165, 1.54) is 6.42 Å². The standard InChI is InChI=1S/C18H32N2O/c1-15(2)13-16(3)20(5)12-11-18(14-21,19-4)17-9-7-6-8-10-17/h6-10,15-16,19,21H,11-14H2,1-5H3. The fraction of sp³-hybridized carbons (Fsp3) is 0.667. The van der Waals surface area contributed by atoms with Gasteiger partial charge in [-0.2, -0.15) is 0 Å². The van der Waals surface area contributed by atoms with Crippen LogP contribution in [0, 0.1) is 5.92 Å². The van der Waals surface area contributed by atoms with Crippen molar-refractivity contribution in [3.8, 4) is 0 Å². The third-order valence-electron chi connectivity index (χ3n) is 4.53.